The smallest absolute Gasteiger partial charge is 0.243 e. The Balaban J connectivity index is 2.07. The van der Waals surface area contributed by atoms with Crippen molar-refractivity contribution in [2.45, 2.75) is 30.8 Å². The van der Waals surface area contributed by atoms with Gasteiger partial charge < -0.3 is 5.32 Å². The molecule has 1 saturated heterocycles. The molecule has 0 amide bonds. The zero-order valence-electron chi connectivity index (χ0n) is 12.3. The highest BCUT2D eigenvalue weighted by molar-refractivity contribution is 7.89. The first-order valence-corrected chi connectivity index (χ1v) is 8.67. The second-order valence-corrected chi connectivity index (χ2v) is 7.54. The molecule has 112 valence electrons. The molecule has 0 spiro atoms. The summed E-state index contributed by atoms with van der Waals surface area (Å²) in [5.41, 5.74) is 0. The van der Waals surface area contributed by atoms with Crippen molar-refractivity contribution in [2.75, 3.05) is 13.1 Å². The number of sulfonamides is 1. The van der Waals surface area contributed by atoms with Gasteiger partial charge in [0.25, 0.3) is 0 Å². The number of hydrogen-bond donors (Lipinski definition) is 1. The normalized spacial score (nSPS) is 24.3. The lowest BCUT2D eigenvalue weighted by Gasteiger charge is -2.38. The summed E-state index contributed by atoms with van der Waals surface area (Å²) in [6.45, 7) is 5.27. The van der Waals surface area contributed by atoms with Crippen LogP contribution in [0.5, 0.6) is 0 Å². The summed E-state index contributed by atoms with van der Waals surface area (Å²) in [4.78, 5) is 0.377. The van der Waals surface area contributed by atoms with E-state index in [2.05, 4.69) is 5.32 Å². The molecule has 1 N–H and O–H groups in total. The van der Waals surface area contributed by atoms with Gasteiger partial charge in [0.2, 0.25) is 10.0 Å². The van der Waals surface area contributed by atoms with Crippen LogP contribution < -0.4 is 5.32 Å². The predicted molar refractivity (Wildman–Crippen MR) is 84.8 cm³/mol. The number of rotatable bonds is 2. The number of nitrogens with zero attached hydrogens (tertiary/aromatic N) is 1. The fraction of sp³-hybridized carbons (Fsp3) is 0.375. The van der Waals surface area contributed by atoms with Crippen LogP contribution in [0.1, 0.15) is 13.8 Å². The van der Waals surface area contributed by atoms with E-state index < -0.39 is 10.0 Å². The number of benzene rings is 2. The maximum Gasteiger partial charge on any atom is 0.243 e. The number of piperazine rings is 1. The Hall–Kier alpha value is -1.43. The molecule has 0 saturated carbocycles. The molecule has 21 heavy (non-hydrogen) atoms. The van der Waals surface area contributed by atoms with E-state index in [1.807, 2.05) is 44.2 Å². The molecule has 4 nitrogen and oxygen atoms in total. The van der Waals surface area contributed by atoms with Gasteiger partial charge in [-0.25, -0.2) is 8.42 Å². The summed E-state index contributed by atoms with van der Waals surface area (Å²) in [6.07, 6.45) is 0. The molecule has 1 aliphatic heterocycles. The zero-order valence-corrected chi connectivity index (χ0v) is 13.1. The lowest BCUT2D eigenvalue weighted by atomic mass is 10.1. The molecule has 1 fully saturated rings. The molecule has 2 aromatic carbocycles. The highest BCUT2D eigenvalue weighted by Crippen LogP contribution is 2.25. The van der Waals surface area contributed by atoms with Crippen LogP contribution in [-0.4, -0.2) is 37.9 Å². The zero-order chi connectivity index (χ0) is 15.0. The maximum absolute atomic E-state index is 12.9. The van der Waals surface area contributed by atoms with E-state index in [1.54, 1.807) is 16.4 Å². The van der Waals surface area contributed by atoms with E-state index in [4.69, 9.17) is 0 Å². The summed E-state index contributed by atoms with van der Waals surface area (Å²) in [6, 6.07) is 13.1. The van der Waals surface area contributed by atoms with Gasteiger partial charge in [0.1, 0.15) is 0 Å². The standard InChI is InChI=1S/C16H20N2O2S/c1-12-10-17-11-13(2)18(12)21(19,20)16-8-7-14-5-3-4-6-15(14)9-16/h3-9,12-13,17H,10-11H2,1-2H3. The summed E-state index contributed by atoms with van der Waals surface area (Å²) in [5, 5.41) is 5.27. The fourth-order valence-corrected chi connectivity index (χ4v) is 4.89. The van der Waals surface area contributed by atoms with Crippen LogP contribution in [0.4, 0.5) is 0 Å². The molecule has 2 unspecified atom stereocenters. The van der Waals surface area contributed by atoms with E-state index in [0.717, 1.165) is 10.8 Å². The highest BCUT2D eigenvalue weighted by Gasteiger charge is 2.35. The van der Waals surface area contributed by atoms with Crippen LogP contribution in [-0.2, 0) is 10.0 Å². The average Bonchev–Trinajstić information content (AvgIpc) is 2.46. The van der Waals surface area contributed by atoms with Crippen LogP contribution in [0.25, 0.3) is 10.8 Å². The van der Waals surface area contributed by atoms with E-state index in [1.165, 1.54) is 0 Å². The molecule has 0 bridgehead atoms. The lowest BCUT2D eigenvalue weighted by Crippen LogP contribution is -2.57. The first kappa shape index (κ1) is 14.5. The minimum absolute atomic E-state index is 0.0368. The fourth-order valence-electron chi connectivity index (χ4n) is 3.04. The predicted octanol–water partition coefficient (Wildman–Crippen LogP) is 2.21. The Morgan fingerprint density at radius 1 is 1.00 bits per heavy atom. The largest absolute Gasteiger partial charge is 0.314 e. The molecule has 2 atom stereocenters. The minimum Gasteiger partial charge on any atom is -0.314 e. The first-order valence-electron chi connectivity index (χ1n) is 7.23. The Kier molecular flexibility index (Phi) is 3.73. The van der Waals surface area contributed by atoms with E-state index in [9.17, 15) is 8.42 Å². The van der Waals surface area contributed by atoms with Crippen LogP contribution in [0, 0.1) is 0 Å². The van der Waals surface area contributed by atoms with Crippen molar-refractivity contribution in [2.24, 2.45) is 0 Å². The van der Waals surface area contributed by atoms with Gasteiger partial charge in [-0.1, -0.05) is 30.3 Å². The minimum atomic E-state index is -3.46. The van der Waals surface area contributed by atoms with Gasteiger partial charge in [-0.05, 0) is 36.8 Å². The summed E-state index contributed by atoms with van der Waals surface area (Å²) >= 11 is 0. The van der Waals surface area contributed by atoms with Crippen LogP contribution >= 0.6 is 0 Å². The Morgan fingerprint density at radius 2 is 1.62 bits per heavy atom. The van der Waals surface area contributed by atoms with Gasteiger partial charge in [-0.2, -0.15) is 4.31 Å². The van der Waals surface area contributed by atoms with Crippen molar-refractivity contribution in [1.82, 2.24) is 9.62 Å². The quantitative estimate of drug-likeness (QED) is 0.925. The van der Waals surface area contributed by atoms with Crippen molar-refractivity contribution >= 4 is 20.8 Å². The molecular weight excluding hydrogens is 284 g/mol. The number of hydrogen-bond acceptors (Lipinski definition) is 3. The van der Waals surface area contributed by atoms with Crippen LogP contribution in [0.15, 0.2) is 47.4 Å². The lowest BCUT2D eigenvalue weighted by molar-refractivity contribution is 0.220. The molecule has 3 rings (SSSR count). The second kappa shape index (κ2) is 5.40. The summed E-state index contributed by atoms with van der Waals surface area (Å²) in [7, 11) is -3.46. The van der Waals surface area contributed by atoms with Crippen molar-refractivity contribution in [3.8, 4) is 0 Å². The van der Waals surface area contributed by atoms with Gasteiger partial charge in [0, 0.05) is 25.2 Å². The topological polar surface area (TPSA) is 49.4 Å². The first-order chi connectivity index (χ1) is 10.00. The SMILES string of the molecule is CC1CNCC(C)N1S(=O)(=O)c1ccc2ccccc2c1. The van der Waals surface area contributed by atoms with Crippen molar-refractivity contribution in [3.63, 3.8) is 0 Å². The second-order valence-electron chi connectivity index (χ2n) is 5.70. The molecule has 1 aliphatic rings. The Bertz CT molecular complexity index is 748. The molecule has 0 aromatic heterocycles. The van der Waals surface area contributed by atoms with E-state index in [0.29, 0.717) is 18.0 Å². The third-order valence-electron chi connectivity index (χ3n) is 4.04. The summed E-state index contributed by atoms with van der Waals surface area (Å²) in [5.74, 6) is 0. The molecular formula is C16H20N2O2S. The van der Waals surface area contributed by atoms with Crippen LogP contribution in [0.3, 0.4) is 0 Å². The van der Waals surface area contributed by atoms with Crippen molar-refractivity contribution in [1.29, 1.82) is 0 Å². The molecule has 0 radical (unpaired) electrons. The number of fused-ring (bicyclic) bond motifs is 1. The van der Waals surface area contributed by atoms with Gasteiger partial charge in [-0.15, -0.1) is 0 Å². The maximum atomic E-state index is 12.9. The van der Waals surface area contributed by atoms with Gasteiger partial charge in [-0.3, -0.25) is 0 Å². The molecule has 1 heterocycles. The molecule has 2 aromatic rings. The van der Waals surface area contributed by atoms with Gasteiger partial charge >= 0.3 is 0 Å². The summed E-state index contributed by atoms with van der Waals surface area (Å²) < 4.78 is 27.5. The van der Waals surface area contributed by atoms with Crippen LogP contribution in [0.2, 0.25) is 0 Å². The third kappa shape index (κ3) is 2.57. The van der Waals surface area contributed by atoms with E-state index in [-0.39, 0.29) is 12.1 Å². The third-order valence-corrected chi connectivity index (χ3v) is 6.17. The number of nitrogens with one attached hydrogen (secondary N) is 1. The molecule has 0 aliphatic carbocycles. The van der Waals surface area contributed by atoms with E-state index >= 15 is 0 Å². The molecule has 5 heteroatoms. The monoisotopic (exact) mass is 304 g/mol. The Labute approximate surface area is 125 Å². The average molecular weight is 304 g/mol. The highest BCUT2D eigenvalue weighted by atomic mass is 32.2. The van der Waals surface area contributed by atoms with Crippen molar-refractivity contribution in [3.05, 3.63) is 42.5 Å². The van der Waals surface area contributed by atoms with Gasteiger partial charge in [0.05, 0.1) is 4.90 Å². The van der Waals surface area contributed by atoms with Gasteiger partial charge in [0.15, 0.2) is 0 Å². The Morgan fingerprint density at radius 3 is 2.29 bits per heavy atom. The van der Waals surface area contributed by atoms with Crippen molar-refractivity contribution < 1.29 is 8.42 Å².